The number of nitro groups is 3. The third-order valence-electron chi connectivity index (χ3n) is 7.78. The first-order valence-electron chi connectivity index (χ1n) is 15.2. The monoisotopic (exact) mass is 759 g/mol. The van der Waals surface area contributed by atoms with Gasteiger partial charge in [-0.25, -0.2) is 19.2 Å². The van der Waals surface area contributed by atoms with Crippen molar-refractivity contribution in [3.8, 4) is 12.3 Å². The maximum Gasteiger partial charge on any atom is 0.340 e. The van der Waals surface area contributed by atoms with Crippen LogP contribution in [0.15, 0.2) is 97.1 Å². The average Bonchev–Trinajstić information content (AvgIpc) is 3.44. The number of hydrogen-bond acceptors (Lipinski definition) is 15. The van der Waals surface area contributed by atoms with Crippen molar-refractivity contribution < 1.29 is 57.6 Å². The van der Waals surface area contributed by atoms with Gasteiger partial charge in [0.05, 0.1) is 37.0 Å². The van der Waals surface area contributed by atoms with Crippen LogP contribution in [-0.4, -0.2) is 69.4 Å². The van der Waals surface area contributed by atoms with Gasteiger partial charge in [0.2, 0.25) is 18.0 Å². The molecule has 1 unspecified atom stereocenters. The van der Waals surface area contributed by atoms with Crippen LogP contribution in [0, 0.1) is 42.7 Å². The van der Waals surface area contributed by atoms with E-state index in [4.69, 9.17) is 41.7 Å². The number of halogens is 1. The zero-order chi connectivity index (χ0) is 39.2. The Morgan fingerprint density at radius 3 is 1.46 bits per heavy atom. The Morgan fingerprint density at radius 2 is 1.04 bits per heavy atom. The largest absolute Gasteiger partial charge is 0.459 e. The number of hydrogen-bond donors (Lipinski definition) is 0. The van der Waals surface area contributed by atoms with Crippen LogP contribution in [0.4, 0.5) is 17.1 Å². The highest BCUT2D eigenvalue weighted by Crippen LogP contribution is 2.39. The first-order valence-corrected chi connectivity index (χ1v) is 15.5. The standard InChI is InChI=1S/C35H22ClN3O15/c1-2-35(54-33(43)23-9-17-27(18-10-23)39(48)49)28(19-50-30(40)20-3-11-24(36)12-4-20)51-34(53-32(42)22-7-15-26(16-8-22)38(46)47)29(35)52-31(41)21-5-13-25(14-6-21)37(44)45/h1,3-18,28-29,34H,19H2/t28-,29+,34?,35-/m1/s1. The molecule has 1 heterocycles. The summed E-state index contributed by atoms with van der Waals surface area (Å²) in [4.78, 5) is 84.7. The SMILES string of the molecule is C#C[C@@]1(OC(=O)c2ccc([N+](=O)[O-])cc2)[C@@H](COC(=O)c2ccc(Cl)cc2)OC(OC(=O)c2ccc([N+](=O)[O-])cc2)[C@@H]1OC(=O)c1ccc([N+](=O)[O-])cc1. The third-order valence-corrected chi connectivity index (χ3v) is 8.03. The van der Waals surface area contributed by atoms with Crippen LogP contribution in [0.25, 0.3) is 0 Å². The Morgan fingerprint density at radius 1 is 0.648 bits per heavy atom. The fourth-order valence-corrected chi connectivity index (χ4v) is 5.12. The number of non-ortho nitro benzene ring substituents is 3. The van der Waals surface area contributed by atoms with Crippen molar-refractivity contribution in [2.45, 2.75) is 24.1 Å². The zero-order valence-electron chi connectivity index (χ0n) is 27.1. The summed E-state index contributed by atoms with van der Waals surface area (Å²) < 4.78 is 28.2. The molecular weight excluding hydrogens is 738 g/mol. The van der Waals surface area contributed by atoms with Crippen LogP contribution in [0.1, 0.15) is 41.4 Å². The molecular formula is C35H22ClN3O15. The number of esters is 4. The van der Waals surface area contributed by atoms with Gasteiger partial charge in [0.1, 0.15) is 6.61 Å². The molecule has 0 amide bonds. The average molecular weight is 760 g/mol. The molecule has 4 aromatic carbocycles. The minimum atomic E-state index is -2.59. The predicted molar refractivity (Wildman–Crippen MR) is 181 cm³/mol. The minimum Gasteiger partial charge on any atom is -0.459 e. The molecule has 1 fully saturated rings. The number of rotatable bonds is 12. The lowest BCUT2D eigenvalue weighted by atomic mass is 9.92. The number of carbonyl (C=O) groups excluding carboxylic acids is 4. The molecule has 0 N–H and O–H groups in total. The highest BCUT2D eigenvalue weighted by atomic mass is 35.5. The summed E-state index contributed by atoms with van der Waals surface area (Å²) in [5.41, 5.74) is -4.46. The molecule has 4 aromatic rings. The second kappa shape index (κ2) is 16.0. The van der Waals surface area contributed by atoms with Gasteiger partial charge in [-0.2, -0.15) is 0 Å². The van der Waals surface area contributed by atoms with Crippen LogP contribution in [0.3, 0.4) is 0 Å². The molecule has 4 atom stereocenters. The van der Waals surface area contributed by atoms with Crippen molar-refractivity contribution in [1.29, 1.82) is 0 Å². The molecule has 1 saturated heterocycles. The van der Waals surface area contributed by atoms with Gasteiger partial charge in [-0.15, -0.1) is 6.42 Å². The van der Waals surface area contributed by atoms with E-state index in [0.717, 1.165) is 72.8 Å². The molecule has 5 rings (SSSR count). The van der Waals surface area contributed by atoms with Gasteiger partial charge in [-0.1, -0.05) is 17.5 Å². The Bertz CT molecular complexity index is 2170. The molecule has 19 heteroatoms. The van der Waals surface area contributed by atoms with Gasteiger partial charge < -0.3 is 23.7 Å². The molecule has 1 aliphatic rings. The minimum absolute atomic E-state index is 0.0221. The number of carbonyl (C=O) groups is 4. The summed E-state index contributed by atoms with van der Waals surface area (Å²) in [6, 6.07) is 17.8. The summed E-state index contributed by atoms with van der Waals surface area (Å²) in [7, 11) is 0. The molecule has 0 aliphatic carbocycles. The van der Waals surface area contributed by atoms with E-state index in [-0.39, 0.29) is 39.3 Å². The molecule has 0 bridgehead atoms. The second-order valence-corrected chi connectivity index (χ2v) is 11.5. The Kier molecular flexibility index (Phi) is 11.2. The van der Waals surface area contributed by atoms with E-state index in [0.29, 0.717) is 5.02 Å². The van der Waals surface area contributed by atoms with Crippen LogP contribution >= 0.6 is 11.6 Å². The van der Waals surface area contributed by atoms with Gasteiger partial charge in [0.15, 0.2) is 6.10 Å². The second-order valence-electron chi connectivity index (χ2n) is 11.1. The quantitative estimate of drug-likeness (QED) is 0.0588. The third kappa shape index (κ3) is 8.28. The van der Waals surface area contributed by atoms with Crippen molar-refractivity contribution in [3.63, 3.8) is 0 Å². The molecule has 0 saturated carbocycles. The van der Waals surface area contributed by atoms with E-state index in [1.54, 1.807) is 0 Å². The number of ether oxygens (including phenoxy) is 5. The van der Waals surface area contributed by atoms with Gasteiger partial charge in [-0.3, -0.25) is 30.3 Å². The number of terminal acetylenes is 1. The predicted octanol–water partition coefficient (Wildman–Crippen LogP) is 5.26. The lowest BCUT2D eigenvalue weighted by molar-refractivity contribution is -0.385. The number of benzene rings is 4. The maximum atomic E-state index is 13.6. The Hall–Kier alpha value is -7.23. The lowest BCUT2D eigenvalue weighted by Gasteiger charge is -2.32. The van der Waals surface area contributed by atoms with Crippen molar-refractivity contribution in [3.05, 3.63) is 155 Å². The maximum absolute atomic E-state index is 13.6. The van der Waals surface area contributed by atoms with Crippen molar-refractivity contribution in [2.75, 3.05) is 6.61 Å². The van der Waals surface area contributed by atoms with Gasteiger partial charge in [0, 0.05) is 41.4 Å². The van der Waals surface area contributed by atoms with Crippen LogP contribution in [0.5, 0.6) is 0 Å². The topological polar surface area (TPSA) is 244 Å². The van der Waals surface area contributed by atoms with Crippen molar-refractivity contribution >= 4 is 52.5 Å². The van der Waals surface area contributed by atoms with Crippen molar-refractivity contribution in [1.82, 2.24) is 0 Å². The van der Waals surface area contributed by atoms with Gasteiger partial charge >= 0.3 is 23.9 Å². The van der Waals surface area contributed by atoms with Gasteiger partial charge in [-0.05, 0) is 60.7 Å². The molecule has 18 nitrogen and oxygen atoms in total. The van der Waals surface area contributed by atoms with Crippen LogP contribution < -0.4 is 0 Å². The highest BCUT2D eigenvalue weighted by molar-refractivity contribution is 6.30. The fourth-order valence-electron chi connectivity index (χ4n) is 4.99. The Labute approximate surface area is 307 Å². The zero-order valence-corrected chi connectivity index (χ0v) is 27.9. The first-order chi connectivity index (χ1) is 25.7. The molecule has 0 spiro atoms. The molecule has 1 aliphatic heterocycles. The highest BCUT2D eigenvalue weighted by Gasteiger charge is 2.63. The Balaban J connectivity index is 1.55. The molecule has 274 valence electrons. The number of nitro benzene ring substituents is 3. The molecule has 0 radical (unpaired) electrons. The summed E-state index contributed by atoms with van der Waals surface area (Å²) in [6.45, 7) is -0.823. The van der Waals surface area contributed by atoms with E-state index in [1.165, 1.54) is 24.3 Å². The normalized spacial score (nSPS) is 18.7. The number of nitrogens with zero attached hydrogens (tertiary/aromatic N) is 3. The van der Waals surface area contributed by atoms with E-state index in [9.17, 15) is 49.5 Å². The van der Waals surface area contributed by atoms with Crippen LogP contribution in [0.2, 0.25) is 5.02 Å². The molecule has 54 heavy (non-hydrogen) atoms. The smallest absolute Gasteiger partial charge is 0.340 e. The van der Waals surface area contributed by atoms with E-state index < -0.39 is 69.4 Å². The summed E-state index contributed by atoms with van der Waals surface area (Å²) in [5, 5.41) is 33.8. The lowest BCUT2D eigenvalue weighted by Crippen LogP contribution is -2.54. The summed E-state index contributed by atoms with van der Waals surface area (Å²) in [6.07, 6.45) is 0.115. The summed E-state index contributed by atoms with van der Waals surface area (Å²) >= 11 is 5.90. The van der Waals surface area contributed by atoms with Crippen LogP contribution in [-0.2, 0) is 23.7 Å². The van der Waals surface area contributed by atoms with Crippen molar-refractivity contribution in [2.24, 2.45) is 0 Å². The fraction of sp³-hybridized carbons (Fsp3) is 0.143. The van der Waals surface area contributed by atoms with Gasteiger partial charge in [0.25, 0.3) is 17.1 Å². The van der Waals surface area contributed by atoms with E-state index in [1.807, 2.05) is 0 Å². The van der Waals surface area contributed by atoms with E-state index >= 15 is 0 Å². The first kappa shape index (κ1) is 38.0. The molecule has 0 aromatic heterocycles. The van der Waals surface area contributed by atoms with E-state index in [2.05, 4.69) is 5.92 Å². The summed E-state index contributed by atoms with van der Waals surface area (Å²) in [5.74, 6) is -2.37.